The predicted molar refractivity (Wildman–Crippen MR) is 170 cm³/mol. The minimum Gasteiger partial charge on any atom is -0.491 e. The Balaban J connectivity index is 1.42. The van der Waals surface area contributed by atoms with Crippen molar-refractivity contribution >= 4 is 22.4 Å². The van der Waals surface area contributed by atoms with E-state index in [0.717, 1.165) is 39.4 Å². The van der Waals surface area contributed by atoms with Gasteiger partial charge in [-0.1, -0.05) is 74.6 Å². The molecule has 3 aromatic carbocycles. The Labute approximate surface area is 248 Å². The van der Waals surface area contributed by atoms with Crippen molar-refractivity contribution in [2.75, 3.05) is 0 Å². The van der Waals surface area contributed by atoms with Crippen molar-refractivity contribution in [2.24, 2.45) is 0 Å². The van der Waals surface area contributed by atoms with Gasteiger partial charge in [-0.2, -0.15) is 14.6 Å². The zero-order valence-electron chi connectivity index (χ0n) is 24.6. The van der Waals surface area contributed by atoms with Crippen LogP contribution >= 0.6 is 11.3 Å². The molecule has 0 amide bonds. The Morgan fingerprint density at radius 3 is 2.29 bits per heavy atom. The van der Waals surface area contributed by atoms with Gasteiger partial charge in [-0.15, -0.1) is 5.10 Å². The fourth-order valence-electron chi connectivity index (χ4n) is 4.83. The molecule has 0 saturated carbocycles. The molecule has 3 heterocycles. The molecular formula is C34H33N5O2S. The average molecular weight is 576 g/mol. The molecule has 6 rings (SSSR count). The summed E-state index contributed by atoms with van der Waals surface area (Å²) in [6, 6.07) is 24.2. The number of benzene rings is 3. The molecule has 0 spiro atoms. The average Bonchev–Trinajstić information content (AvgIpc) is 3.65. The minimum atomic E-state index is -0.199. The maximum Gasteiger partial charge on any atom is 0.291 e. The number of para-hydroxylation sites is 1. The van der Waals surface area contributed by atoms with Crippen LogP contribution in [0.4, 0.5) is 0 Å². The van der Waals surface area contributed by atoms with Gasteiger partial charge in [-0.3, -0.25) is 4.79 Å². The van der Waals surface area contributed by atoms with Crippen LogP contribution in [0.3, 0.4) is 0 Å². The largest absolute Gasteiger partial charge is 0.491 e. The third-order valence-corrected chi connectivity index (χ3v) is 8.01. The van der Waals surface area contributed by atoms with E-state index in [-0.39, 0.29) is 17.1 Å². The van der Waals surface area contributed by atoms with E-state index in [9.17, 15) is 4.79 Å². The number of hydrogen-bond acceptors (Lipinski definition) is 6. The number of nitrogens with zero attached hydrogens (tertiary/aromatic N) is 5. The molecule has 0 fully saturated rings. The Kier molecular flexibility index (Phi) is 7.02. The Morgan fingerprint density at radius 1 is 0.929 bits per heavy atom. The quantitative estimate of drug-likeness (QED) is 0.223. The number of thiazole rings is 1. The van der Waals surface area contributed by atoms with Crippen LogP contribution in [0.5, 0.6) is 5.75 Å². The third-order valence-electron chi connectivity index (χ3n) is 7.05. The van der Waals surface area contributed by atoms with Crippen molar-refractivity contribution in [3.63, 3.8) is 0 Å². The van der Waals surface area contributed by atoms with Gasteiger partial charge in [0.15, 0.2) is 5.82 Å². The second kappa shape index (κ2) is 10.7. The van der Waals surface area contributed by atoms with Gasteiger partial charge in [0.05, 0.1) is 16.3 Å². The first-order valence-corrected chi connectivity index (χ1v) is 14.8. The monoisotopic (exact) mass is 575 g/mol. The number of aryl methyl sites for hydroxylation is 1. The molecule has 0 aliphatic carbocycles. The van der Waals surface area contributed by atoms with Gasteiger partial charge in [0.1, 0.15) is 11.4 Å². The SMILES string of the molecule is Cc1cc(-c2nn(-c3ccccc3)cc2/C=c2/sc3nc(-c4ccc(C(C)(C)C)cc4)nn3c2=O)ccc1OC(C)C. The Hall–Kier alpha value is -4.56. The lowest BCUT2D eigenvalue weighted by molar-refractivity contribution is 0.241. The molecule has 7 nitrogen and oxygen atoms in total. The van der Waals surface area contributed by atoms with Gasteiger partial charge in [0, 0.05) is 22.9 Å². The number of ether oxygens (including phenoxy) is 1. The van der Waals surface area contributed by atoms with Gasteiger partial charge >= 0.3 is 0 Å². The third kappa shape index (κ3) is 5.37. The summed E-state index contributed by atoms with van der Waals surface area (Å²) < 4.78 is 9.73. The van der Waals surface area contributed by atoms with Gasteiger partial charge < -0.3 is 4.74 Å². The van der Waals surface area contributed by atoms with Crippen molar-refractivity contribution < 1.29 is 4.74 Å². The maximum absolute atomic E-state index is 13.5. The molecule has 0 atom stereocenters. The molecule has 0 saturated heterocycles. The van der Waals surface area contributed by atoms with E-state index >= 15 is 0 Å². The van der Waals surface area contributed by atoms with E-state index < -0.39 is 0 Å². The zero-order valence-corrected chi connectivity index (χ0v) is 25.4. The normalized spacial score (nSPS) is 12.5. The summed E-state index contributed by atoms with van der Waals surface area (Å²) in [6.45, 7) is 12.6. The zero-order chi connectivity index (χ0) is 29.6. The Bertz CT molecular complexity index is 2000. The lowest BCUT2D eigenvalue weighted by atomic mass is 9.87. The second-order valence-corrected chi connectivity index (χ2v) is 12.7. The molecule has 212 valence electrons. The molecule has 0 radical (unpaired) electrons. The summed E-state index contributed by atoms with van der Waals surface area (Å²) in [6.07, 6.45) is 3.92. The fraction of sp³-hybridized carbons (Fsp3) is 0.235. The van der Waals surface area contributed by atoms with Crippen LogP contribution in [0, 0.1) is 6.92 Å². The van der Waals surface area contributed by atoms with Gasteiger partial charge in [0.2, 0.25) is 4.96 Å². The molecule has 0 aliphatic heterocycles. The highest BCUT2D eigenvalue weighted by Crippen LogP contribution is 2.30. The molecule has 0 bridgehead atoms. The Morgan fingerprint density at radius 2 is 1.64 bits per heavy atom. The van der Waals surface area contributed by atoms with Crippen molar-refractivity contribution in [2.45, 2.75) is 53.1 Å². The standard InChI is InChI=1S/C34H33N5O2S/c1-21(2)41-28-17-14-24(18-22(28)3)30-25(20-38(36-30)27-10-8-7-9-11-27)19-29-32(40)39-33(42-29)35-31(37-39)23-12-15-26(16-13-23)34(4,5)6/h7-21H,1-6H3/b29-19+. The number of rotatable bonds is 6. The first-order chi connectivity index (χ1) is 20.1. The fourth-order valence-corrected chi connectivity index (χ4v) is 5.73. The molecular weight excluding hydrogens is 542 g/mol. The molecule has 0 aliphatic rings. The smallest absolute Gasteiger partial charge is 0.291 e. The van der Waals surface area contributed by atoms with E-state index in [2.05, 4.69) is 44.1 Å². The number of hydrogen-bond donors (Lipinski definition) is 0. The highest BCUT2D eigenvalue weighted by Gasteiger charge is 2.17. The molecule has 0 unspecified atom stereocenters. The van der Waals surface area contributed by atoms with Crippen molar-refractivity contribution in [3.05, 3.63) is 111 Å². The lowest BCUT2D eigenvalue weighted by Gasteiger charge is -2.18. The van der Waals surface area contributed by atoms with Crippen LogP contribution in [-0.2, 0) is 5.41 Å². The second-order valence-electron chi connectivity index (χ2n) is 11.7. The van der Waals surface area contributed by atoms with Crippen molar-refractivity contribution in [1.29, 1.82) is 0 Å². The number of aromatic nitrogens is 5. The van der Waals surface area contributed by atoms with E-state index in [1.807, 2.05) is 92.3 Å². The molecule has 3 aromatic heterocycles. The minimum absolute atomic E-state index is 0.0587. The highest BCUT2D eigenvalue weighted by molar-refractivity contribution is 7.15. The van der Waals surface area contributed by atoms with Gasteiger partial charge in [-0.05, 0) is 73.7 Å². The molecule has 0 N–H and O–H groups in total. The van der Waals surface area contributed by atoms with E-state index in [1.165, 1.54) is 21.4 Å². The summed E-state index contributed by atoms with van der Waals surface area (Å²) in [5.41, 5.74) is 6.48. The van der Waals surface area contributed by atoms with Crippen LogP contribution in [0.15, 0.2) is 83.8 Å². The van der Waals surface area contributed by atoms with Crippen molar-refractivity contribution in [1.82, 2.24) is 24.4 Å². The van der Waals surface area contributed by atoms with Crippen LogP contribution < -0.4 is 14.8 Å². The van der Waals surface area contributed by atoms with E-state index in [1.54, 1.807) is 0 Å². The summed E-state index contributed by atoms with van der Waals surface area (Å²) in [5.74, 6) is 1.39. The van der Waals surface area contributed by atoms with Crippen molar-refractivity contribution in [3.8, 4) is 34.1 Å². The lowest BCUT2D eigenvalue weighted by Crippen LogP contribution is -2.23. The number of fused-ring (bicyclic) bond motifs is 1. The van der Waals surface area contributed by atoms with Crippen LogP contribution in [0.2, 0.25) is 0 Å². The van der Waals surface area contributed by atoms with Crippen LogP contribution in [-0.4, -0.2) is 30.5 Å². The maximum atomic E-state index is 13.5. The summed E-state index contributed by atoms with van der Waals surface area (Å²) in [5, 5.41) is 9.50. The molecule has 8 heteroatoms. The van der Waals surface area contributed by atoms with Gasteiger partial charge in [0.25, 0.3) is 5.56 Å². The van der Waals surface area contributed by atoms with Crippen LogP contribution in [0.1, 0.15) is 51.3 Å². The van der Waals surface area contributed by atoms with Crippen LogP contribution in [0.25, 0.3) is 39.4 Å². The molecule has 6 aromatic rings. The van der Waals surface area contributed by atoms with E-state index in [0.29, 0.717) is 15.3 Å². The highest BCUT2D eigenvalue weighted by atomic mass is 32.1. The predicted octanol–water partition coefficient (Wildman–Crippen LogP) is 6.61. The summed E-state index contributed by atoms with van der Waals surface area (Å²) >= 11 is 1.33. The first kappa shape index (κ1) is 27.6. The topological polar surface area (TPSA) is 74.3 Å². The first-order valence-electron chi connectivity index (χ1n) is 14.0. The summed E-state index contributed by atoms with van der Waals surface area (Å²) in [7, 11) is 0. The summed E-state index contributed by atoms with van der Waals surface area (Å²) in [4.78, 5) is 18.7. The van der Waals surface area contributed by atoms with E-state index in [4.69, 9.17) is 14.8 Å². The molecule has 42 heavy (non-hydrogen) atoms. The van der Waals surface area contributed by atoms with Gasteiger partial charge in [-0.25, -0.2) is 4.68 Å².